The summed E-state index contributed by atoms with van der Waals surface area (Å²) in [5, 5.41) is 47.4. The molecule has 3 aliphatic rings. The number of nitrogens with one attached hydrogen (secondary N) is 1. The second kappa shape index (κ2) is 21.3. The van der Waals surface area contributed by atoms with E-state index in [1.54, 1.807) is 32.9 Å². The monoisotopic (exact) mass is 815 g/mol. The van der Waals surface area contributed by atoms with Crippen LogP contribution >= 0.6 is 0 Å². The largest absolute Gasteiger partial charge is 0.510 e. The van der Waals surface area contributed by atoms with Gasteiger partial charge >= 0.3 is 11.9 Å². The Bertz CT molecular complexity index is 1670. The molecule has 58 heavy (non-hydrogen) atoms. The summed E-state index contributed by atoms with van der Waals surface area (Å²) in [7, 11) is 2.79. The third kappa shape index (κ3) is 12.5. The first-order valence-corrected chi connectivity index (χ1v) is 20.1. The Morgan fingerprint density at radius 3 is 2.29 bits per heavy atom. The maximum atomic E-state index is 13.7. The summed E-state index contributed by atoms with van der Waals surface area (Å²) in [4.78, 5) is 51.1. The topological polar surface area (TPSA) is 207 Å². The summed E-state index contributed by atoms with van der Waals surface area (Å²) >= 11 is 0. The van der Waals surface area contributed by atoms with Crippen LogP contribution in [0.3, 0.4) is 0 Å². The lowest BCUT2D eigenvalue weighted by Gasteiger charge is -2.50. The third-order valence-corrected chi connectivity index (χ3v) is 11.5. The van der Waals surface area contributed by atoms with Gasteiger partial charge in [0.25, 0.3) is 0 Å². The Balaban J connectivity index is 1.92. The highest BCUT2D eigenvalue weighted by Crippen LogP contribution is 2.42. The molecule has 0 aromatic heterocycles. The smallest absolute Gasteiger partial charge is 0.373 e. The van der Waals surface area contributed by atoms with E-state index in [1.807, 2.05) is 53.7 Å². The molecule has 1 amide bonds. The molecule has 0 saturated carbocycles. The van der Waals surface area contributed by atoms with E-state index in [1.165, 1.54) is 20.3 Å². The highest BCUT2D eigenvalue weighted by atomic mass is 16.6. The van der Waals surface area contributed by atoms with E-state index >= 15 is 0 Å². The van der Waals surface area contributed by atoms with Crippen LogP contribution in [0.2, 0.25) is 0 Å². The van der Waals surface area contributed by atoms with E-state index in [4.69, 9.17) is 23.7 Å². The van der Waals surface area contributed by atoms with Crippen LogP contribution in [0.1, 0.15) is 88.0 Å². The highest BCUT2D eigenvalue weighted by Gasteiger charge is 2.53. The third-order valence-electron chi connectivity index (χ3n) is 11.5. The lowest BCUT2D eigenvalue weighted by Crippen LogP contribution is -2.59. The van der Waals surface area contributed by atoms with Crippen LogP contribution in [0, 0.1) is 35.5 Å². The molecule has 0 unspecified atom stereocenters. The van der Waals surface area contributed by atoms with Crippen LogP contribution in [-0.2, 0) is 42.9 Å². The molecular formula is C44H65NO13. The number of esters is 2. The van der Waals surface area contributed by atoms with Crippen molar-refractivity contribution >= 4 is 23.6 Å². The fourth-order valence-electron chi connectivity index (χ4n) is 7.95. The number of ether oxygens (including phenoxy) is 5. The second-order valence-electron chi connectivity index (χ2n) is 16.5. The van der Waals surface area contributed by atoms with Crippen LogP contribution in [0.25, 0.3) is 0 Å². The van der Waals surface area contributed by atoms with Gasteiger partial charge in [-0.15, -0.1) is 0 Å². The van der Waals surface area contributed by atoms with Crippen molar-refractivity contribution in [3.63, 3.8) is 0 Å². The minimum absolute atomic E-state index is 0.0594. The van der Waals surface area contributed by atoms with Gasteiger partial charge in [-0.1, -0.05) is 83.9 Å². The van der Waals surface area contributed by atoms with Gasteiger partial charge < -0.3 is 49.4 Å². The number of aliphatic hydroxyl groups is 4. The van der Waals surface area contributed by atoms with Crippen molar-refractivity contribution in [2.24, 2.45) is 35.5 Å². The Kier molecular flexibility index (Phi) is 17.7. The number of amides is 1. The van der Waals surface area contributed by atoms with Gasteiger partial charge in [-0.25, -0.2) is 9.59 Å². The molecule has 0 aromatic rings. The molecule has 0 spiro atoms. The number of cyclic esters (lactones) is 1. The first-order chi connectivity index (χ1) is 27.1. The second-order valence-corrected chi connectivity index (χ2v) is 16.5. The van der Waals surface area contributed by atoms with Gasteiger partial charge in [0.05, 0.1) is 25.4 Å². The first kappa shape index (κ1) is 48.3. The summed E-state index contributed by atoms with van der Waals surface area (Å²) in [6.07, 6.45) is 5.61. The van der Waals surface area contributed by atoms with Crippen molar-refractivity contribution in [1.82, 2.24) is 5.32 Å². The van der Waals surface area contributed by atoms with Crippen molar-refractivity contribution < 1.29 is 63.3 Å². The zero-order valence-corrected chi connectivity index (χ0v) is 35.8. The Morgan fingerprint density at radius 1 is 1.03 bits per heavy atom. The molecule has 14 nitrogen and oxygen atoms in total. The Hall–Kier alpha value is -4.08. The SMILES string of the molecule is CO/C1=C\C(C)=C\[C@@H](C)[C@@H](O)[C@@H](C)C/C(C)=C/C=C\[C@H](OC)[C@@H]([C@@H](C)[C@@H](O)[C@H](C)[C@@]2(O)C[C@@H](OC(=O)/C=C/C(=O)NC3=C(O)CCC3=O)[C@H](C)[C@@H](C(C)C)O2)OC1=O. The van der Waals surface area contributed by atoms with Crippen molar-refractivity contribution in [3.8, 4) is 0 Å². The molecule has 2 heterocycles. The molecule has 5 N–H and O–H groups in total. The van der Waals surface area contributed by atoms with Crippen LogP contribution in [-0.4, -0.2) is 101 Å². The number of carbonyl (C=O) groups excluding carboxylic acids is 4. The predicted molar refractivity (Wildman–Crippen MR) is 215 cm³/mol. The molecule has 0 aromatic carbocycles. The fourth-order valence-corrected chi connectivity index (χ4v) is 7.95. The van der Waals surface area contributed by atoms with Crippen molar-refractivity contribution in [3.05, 3.63) is 70.9 Å². The maximum Gasteiger partial charge on any atom is 0.373 e. The van der Waals surface area contributed by atoms with Crippen molar-refractivity contribution in [2.45, 2.75) is 130 Å². The van der Waals surface area contributed by atoms with Crippen LogP contribution < -0.4 is 5.32 Å². The predicted octanol–water partition coefficient (Wildman–Crippen LogP) is 5.05. The van der Waals surface area contributed by atoms with Crippen LogP contribution in [0.15, 0.2) is 70.9 Å². The summed E-state index contributed by atoms with van der Waals surface area (Å²) < 4.78 is 29.5. The van der Waals surface area contributed by atoms with E-state index < -0.39 is 83.8 Å². The quantitative estimate of drug-likeness (QED) is 0.137. The number of rotatable bonds is 11. The molecule has 14 heteroatoms. The number of methoxy groups -OCH3 is 2. The van der Waals surface area contributed by atoms with E-state index in [0.29, 0.717) is 12.0 Å². The number of hydrogen-bond acceptors (Lipinski definition) is 13. The lowest BCUT2D eigenvalue weighted by atomic mass is 9.76. The first-order valence-electron chi connectivity index (χ1n) is 20.1. The standard InChI is InChI=1S/C44H65NO13/c1-23(2)41-28(7)35(56-37(49)18-17-36(48)45-38-31(46)15-16-32(38)47)22-44(53,58-41)30(9)40(51)29(8)42-33(54-10)14-12-13-24(3)19-26(5)39(50)27(6)20-25(4)21-34(55-11)43(52)57-42/h12-14,17-18,20-21,23,26-30,33,35,39-42,46,50-51,53H,15-16,19,22H2,1-11H3,(H,45,48)/b14-12-,18-17+,24-13+,25-20+,34-21-/t26-,27+,28-,29-,30-,33-,35+,39-,40+,41+,42+,44+/m0/s1. The van der Waals surface area contributed by atoms with Gasteiger partial charge in [0, 0.05) is 62.2 Å². The van der Waals surface area contributed by atoms with E-state index in [-0.39, 0.29) is 54.2 Å². The zero-order chi connectivity index (χ0) is 43.6. The highest BCUT2D eigenvalue weighted by molar-refractivity contribution is 6.04. The summed E-state index contributed by atoms with van der Waals surface area (Å²) in [5.41, 5.74) is 1.48. The molecule has 0 radical (unpaired) electrons. The number of hydrogen-bond donors (Lipinski definition) is 5. The molecule has 1 fully saturated rings. The molecule has 1 saturated heterocycles. The average molecular weight is 816 g/mol. The van der Waals surface area contributed by atoms with E-state index in [0.717, 1.165) is 17.7 Å². The molecular weight excluding hydrogens is 750 g/mol. The van der Waals surface area contributed by atoms with Crippen LogP contribution in [0.5, 0.6) is 0 Å². The average Bonchev–Trinajstić information content (AvgIpc) is 3.48. The number of Topliss-reactive ketones (excluding diaryl/α,β-unsaturated/α-hetero) is 1. The Labute approximate surface area is 342 Å². The van der Waals surface area contributed by atoms with Gasteiger partial charge in [0.15, 0.2) is 11.6 Å². The number of aliphatic hydroxyl groups excluding tert-OH is 3. The van der Waals surface area contributed by atoms with Gasteiger partial charge in [0.2, 0.25) is 11.7 Å². The fraction of sp³-hybridized carbons (Fsp3) is 0.636. The molecule has 3 rings (SSSR count). The normalized spacial score (nSPS) is 35.5. The summed E-state index contributed by atoms with van der Waals surface area (Å²) in [5.74, 6) is -8.07. The molecule has 0 bridgehead atoms. The molecule has 1 aliphatic carbocycles. The summed E-state index contributed by atoms with van der Waals surface area (Å²) in [6.45, 7) is 16.5. The van der Waals surface area contributed by atoms with E-state index in [2.05, 4.69) is 5.32 Å². The number of allylic oxidation sites excluding steroid dienone is 7. The van der Waals surface area contributed by atoms with Gasteiger partial charge in [-0.2, -0.15) is 0 Å². The van der Waals surface area contributed by atoms with Crippen molar-refractivity contribution in [2.75, 3.05) is 14.2 Å². The molecule has 12 atom stereocenters. The number of carbonyl (C=O) groups is 4. The summed E-state index contributed by atoms with van der Waals surface area (Å²) in [6, 6.07) is 0. The van der Waals surface area contributed by atoms with Gasteiger partial charge in [-0.05, 0) is 38.2 Å². The minimum atomic E-state index is -2.04. The zero-order valence-electron chi connectivity index (χ0n) is 35.8. The van der Waals surface area contributed by atoms with Gasteiger partial charge in [-0.3, -0.25) is 9.59 Å². The van der Waals surface area contributed by atoms with Crippen molar-refractivity contribution in [1.29, 1.82) is 0 Å². The molecule has 324 valence electrons. The van der Waals surface area contributed by atoms with E-state index in [9.17, 15) is 39.6 Å². The minimum Gasteiger partial charge on any atom is -0.510 e. The van der Waals surface area contributed by atoms with Crippen LogP contribution in [0.4, 0.5) is 0 Å². The number of ketones is 1. The van der Waals surface area contributed by atoms with Gasteiger partial charge in [0.1, 0.15) is 29.8 Å². The molecule has 2 aliphatic heterocycles. The maximum absolute atomic E-state index is 13.7. The lowest BCUT2D eigenvalue weighted by molar-refractivity contribution is -0.329. The Morgan fingerprint density at radius 2 is 1.71 bits per heavy atom.